The van der Waals surface area contributed by atoms with E-state index in [9.17, 15) is 13.2 Å². The van der Waals surface area contributed by atoms with Gasteiger partial charge in [-0.05, 0) is 105 Å². The van der Waals surface area contributed by atoms with E-state index in [0.717, 1.165) is 74.2 Å². The highest BCUT2D eigenvalue weighted by atomic mass is 19.1. The normalized spacial score (nSPS) is 11.8. The van der Waals surface area contributed by atoms with Crippen molar-refractivity contribution in [1.29, 1.82) is 0 Å². The summed E-state index contributed by atoms with van der Waals surface area (Å²) < 4.78 is 47.9. The van der Waals surface area contributed by atoms with E-state index in [1.807, 2.05) is 18.2 Å². The van der Waals surface area contributed by atoms with Crippen LogP contribution in [0.5, 0.6) is 0 Å². The fourth-order valence-electron chi connectivity index (χ4n) is 6.62. The lowest BCUT2D eigenvalue weighted by molar-refractivity contribution is 0.627. The Morgan fingerprint density at radius 2 is 1.20 bits per heavy atom. The van der Waals surface area contributed by atoms with Gasteiger partial charge in [-0.3, -0.25) is 4.98 Å². The minimum Gasteiger partial charge on any atom is -0.345 e. The molecule has 0 N–H and O–H groups in total. The average Bonchev–Trinajstić information content (AvgIpc) is 3.39. The number of benzene rings is 3. The molecule has 6 aromatic rings. The van der Waals surface area contributed by atoms with Crippen LogP contribution in [0, 0.1) is 31.3 Å². The zero-order valence-corrected chi connectivity index (χ0v) is 23.7. The van der Waals surface area contributed by atoms with Crippen molar-refractivity contribution in [2.24, 2.45) is 0 Å². The first-order valence-corrected chi connectivity index (χ1v) is 14.1. The summed E-state index contributed by atoms with van der Waals surface area (Å²) in [4.78, 5) is 4.82. The lowest BCUT2D eigenvalue weighted by Gasteiger charge is -2.23. The number of rotatable bonds is 7. The Labute approximate surface area is 237 Å². The van der Waals surface area contributed by atoms with Crippen LogP contribution in [0.1, 0.15) is 59.1 Å². The van der Waals surface area contributed by atoms with Crippen LogP contribution in [0.2, 0.25) is 0 Å². The Hall–Kier alpha value is -4.32. The van der Waals surface area contributed by atoms with Crippen molar-refractivity contribution >= 4 is 21.8 Å². The number of hydrogen-bond donors (Lipinski definition) is 0. The van der Waals surface area contributed by atoms with Crippen LogP contribution in [-0.2, 0) is 19.5 Å². The number of fused-ring (bicyclic) bond motifs is 2. The Morgan fingerprint density at radius 3 is 1.71 bits per heavy atom. The van der Waals surface area contributed by atoms with E-state index in [-0.39, 0.29) is 23.4 Å². The zero-order chi connectivity index (χ0) is 28.8. The van der Waals surface area contributed by atoms with Gasteiger partial charge in [0.05, 0.1) is 0 Å². The minimum atomic E-state index is -0.353. The molecular formula is C35H32F3N3. The van der Waals surface area contributed by atoms with Gasteiger partial charge in [0.2, 0.25) is 0 Å². The molecule has 6 rings (SSSR count). The predicted octanol–water partition coefficient (Wildman–Crippen LogP) is 8.84. The van der Waals surface area contributed by atoms with Gasteiger partial charge in [0.1, 0.15) is 17.5 Å². The van der Waals surface area contributed by atoms with Crippen molar-refractivity contribution in [3.05, 3.63) is 136 Å². The average molecular weight is 552 g/mol. The van der Waals surface area contributed by atoms with Crippen molar-refractivity contribution in [2.45, 2.75) is 53.1 Å². The number of aryl methyl sites for hydroxylation is 2. The third-order valence-electron chi connectivity index (χ3n) is 8.40. The summed E-state index contributed by atoms with van der Waals surface area (Å²) in [6, 6.07) is 20.4. The largest absolute Gasteiger partial charge is 0.345 e. The molecule has 3 aromatic carbocycles. The van der Waals surface area contributed by atoms with Crippen LogP contribution in [0.25, 0.3) is 21.8 Å². The lowest BCUT2D eigenvalue weighted by Crippen LogP contribution is -2.12. The second-order valence-electron chi connectivity index (χ2n) is 10.6. The molecule has 0 saturated carbocycles. The monoisotopic (exact) mass is 551 g/mol. The summed E-state index contributed by atoms with van der Waals surface area (Å²) in [5, 5.41) is 1.67. The molecule has 3 aromatic heterocycles. The molecule has 0 fully saturated rings. The Bertz CT molecular complexity index is 1800. The smallest absolute Gasteiger partial charge is 0.123 e. The van der Waals surface area contributed by atoms with Gasteiger partial charge in [-0.15, -0.1) is 0 Å². The number of aromatic nitrogens is 3. The standard InChI is InChI=1S/C35H32F3N3/c1-5-40-21(3)33(28-19-25(37)13-15-31(28)40)35(34-22(4)41(6-2)32-16-14-26(38)20-29(32)34)27-8-7-17-39-30(27)18-23-9-11-24(36)12-10-23/h7-17,19-20,35H,5-6,18H2,1-4H3. The van der Waals surface area contributed by atoms with Gasteiger partial charge in [-0.1, -0.05) is 18.2 Å². The quantitative estimate of drug-likeness (QED) is 0.194. The molecule has 0 saturated heterocycles. The van der Waals surface area contributed by atoms with Crippen LogP contribution in [0.3, 0.4) is 0 Å². The van der Waals surface area contributed by atoms with E-state index >= 15 is 0 Å². The van der Waals surface area contributed by atoms with E-state index in [4.69, 9.17) is 4.98 Å². The Balaban J connectivity index is 1.72. The second-order valence-corrected chi connectivity index (χ2v) is 10.6. The maximum atomic E-state index is 14.9. The summed E-state index contributed by atoms with van der Waals surface area (Å²) >= 11 is 0. The Morgan fingerprint density at radius 1 is 0.683 bits per heavy atom. The van der Waals surface area contributed by atoms with E-state index in [1.165, 1.54) is 24.3 Å². The second kappa shape index (κ2) is 10.6. The van der Waals surface area contributed by atoms with Crippen molar-refractivity contribution in [3.8, 4) is 0 Å². The highest BCUT2D eigenvalue weighted by Gasteiger charge is 2.31. The van der Waals surface area contributed by atoms with Crippen molar-refractivity contribution in [2.75, 3.05) is 0 Å². The fourth-order valence-corrected chi connectivity index (χ4v) is 6.62. The molecule has 0 atom stereocenters. The van der Waals surface area contributed by atoms with E-state index in [0.29, 0.717) is 6.42 Å². The summed E-state index contributed by atoms with van der Waals surface area (Å²) in [6.07, 6.45) is 2.26. The molecule has 0 spiro atoms. The summed E-state index contributed by atoms with van der Waals surface area (Å²) in [6.45, 7) is 9.77. The third-order valence-corrected chi connectivity index (χ3v) is 8.40. The first-order valence-electron chi connectivity index (χ1n) is 14.1. The summed E-state index contributed by atoms with van der Waals surface area (Å²) in [5.74, 6) is -1.25. The Kier molecular flexibility index (Phi) is 6.94. The number of pyridine rings is 1. The number of halogens is 3. The molecule has 0 unspecified atom stereocenters. The van der Waals surface area contributed by atoms with Crippen LogP contribution >= 0.6 is 0 Å². The molecule has 0 aliphatic heterocycles. The minimum absolute atomic E-state index is 0.289. The lowest BCUT2D eigenvalue weighted by atomic mass is 9.80. The van der Waals surface area contributed by atoms with Crippen LogP contribution < -0.4 is 0 Å². The van der Waals surface area contributed by atoms with Crippen LogP contribution in [0.15, 0.2) is 79.0 Å². The molecule has 3 nitrogen and oxygen atoms in total. The highest BCUT2D eigenvalue weighted by Crippen LogP contribution is 2.45. The molecule has 0 aliphatic rings. The van der Waals surface area contributed by atoms with Crippen molar-refractivity contribution in [1.82, 2.24) is 14.1 Å². The third kappa shape index (κ3) is 4.51. The van der Waals surface area contributed by atoms with Gasteiger partial charge >= 0.3 is 0 Å². The number of hydrogen-bond acceptors (Lipinski definition) is 1. The molecule has 0 radical (unpaired) electrons. The zero-order valence-electron chi connectivity index (χ0n) is 23.7. The van der Waals surface area contributed by atoms with Crippen LogP contribution in [-0.4, -0.2) is 14.1 Å². The first-order chi connectivity index (χ1) is 19.8. The van der Waals surface area contributed by atoms with Gasteiger partial charge in [0, 0.05) is 70.5 Å². The molecule has 6 heteroatoms. The maximum absolute atomic E-state index is 14.9. The van der Waals surface area contributed by atoms with Gasteiger partial charge < -0.3 is 9.13 Å². The number of nitrogens with zero attached hydrogens (tertiary/aromatic N) is 3. The van der Waals surface area contributed by atoms with Crippen molar-refractivity contribution < 1.29 is 13.2 Å². The van der Waals surface area contributed by atoms with Gasteiger partial charge in [0.15, 0.2) is 0 Å². The fraction of sp³-hybridized carbons (Fsp3) is 0.229. The first kappa shape index (κ1) is 26.9. The molecule has 0 amide bonds. The van der Waals surface area contributed by atoms with Gasteiger partial charge in [-0.2, -0.15) is 0 Å². The maximum Gasteiger partial charge on any atom is 0.123 e. The molecule has 0 aliphatic carbocycles. The topological polar surface area (TPSA) is 22.8 Å². The van der Waals surface area contributed by atoms with E-state index in [1.54, 1.807) is 30.5 Å². The van der Waals surface area contributed by atoms with Crippen molar-refractivity contribution in [3.63, 3.8) is 0 Å². The summed E-state index contributed by atoms with van der Waals surface area (Å²) in [5.41, 5.74) is 8.67. The van der Waals surface area contributed by atoms with Crippen LogP contribution in [0.4, 0.5) is 13.2 Å². The molecule has 208 valence electrons. The SMILES string of the molecule is CCn1c(C)c(C(c2cccnc2Cc2ccc(F)cc2)c2c(C)n(CC)c3ccc(F)cc23)c2cc(F)ccc21. The molecule has 41 heavy (non-hydrogen) atoms. The van der Waals surface area contributed by atoms with E-state index < -0.39 is 0 Å². The van der Waals surface area contributed by atoms with E-state index in [2.05, 4.69) is 42.9 Å². The summed E-state index contributed by atoms with van der Waals surface area (Å²) in [7, 11) is 0. The highest BCUT2D eigenvalue weighted by molar-refractivity contribution is 5.92. The molecule has 0 bridgehead atoms. The predicted molar refractivity (Wildman–Crippen MR) is 159 cm³/mol. The molecule has 3 heterocycles. The van der Waals surface area contributed by atoms with Gasteiger partial charge in [-0.25, -0.2) is 13.2 Å². The molecular weight excluding hydrogens is 519 g/mol. The van der Waals surface area contributed by atoms with Gasteiger partial charge in [0.25, 0.3) is 0 Å².